The summed E-state index contributed by atoms with van der Waals surface area (Å²) < 4.78 is 12.7. The van der Waals surface area contributed by atoms with Crippen molar-refractivity contribution in [1.29, 1.82) is 0 Å². The Morgan fingerprint density at radius 1 is 1.26 bits per heavy atom. The van der Waals surface area contributed by atoms with E-state index in [4.69, 9.17) is 15.2 Å². The average molecular weight is 371 g/mol. The maximum atomic E-state index is 12.5. The van der Waals surface area contributed by atoms with Gasteiger partial charge >= 0.3 is 5.97 Å². The monoisotopic (exact) mass is 371 g/mol. The van der Waals surface area contributed by atoms with Crippen LogP contribution < -0.4 is 5.73 Å². The number of aromatic nitrogens is 4. The highest BCUT2D eigenvalue weighted by atomic mass is 16.6. The smallest absolute Gasteiger partial charge is 0.338 e. The summed E-state index contributed by atoms with van der Waals surface area (Å²) in [6.45, 7) is -0.444. The van der Waals surface area contributed by atoms with Crippen LogP contribution in [0.4, 0.5) is 5.82 Å². The Balaban J connectivity index is 1.69. The van der Waals surface area contributed by atoms with Crippen molar-refractivity contribution in [3.8, 4) is 0 Å². The van der Waals surface area contributed by atoms with Gasteiger partial charge in [0.2, 0.25) is 0 Å². The van der Waals surface area contributed by atoms with Crippen LogP contribution in [-0.2, 0) is 9.47 Å². The van der Waals surface area contributed by atoms with Crippen molar-refractivity contribution < 1.29 is 24.5 Å². The van der Waals surface area contributed by atoms with E-state index in [1.54, 1.807) is 30.3 Å². The molecule has 27 heavy (non-hydrogen) atoms. The zero-order valence-electron chi connectivity index (χ0n) is 14.0. The van der Waals surface area contributed by atoms with Crippen LogP contribution in [0.3, 0.4) is 0 Å². The van der Waals surface area contributed by atoms with Crippen LogP contribution in [0, 0.1) is 0 Å². The molecule has 140 valence electrons. The summed E-state index contributed by atoms with van der Waals surface area (Å²) in [6, 6.07) is 8.38. The average Bonchev–Trinajstić information content (AvgIpc) is 3.25. The van der Waals surface area contributed by atoms with Crippen molar-refractivity contribution in [3.63, 3.8) is 0 Å². The van der Waals surface area contributed by atoms with Gasteiger partial charge in [-0.2, -0.15) is 0 Å². The van der Waals surface area contributed by atoms with E-state index >= 15 is 0 Å². The molecule has 4 atom stereocenters. The fourth-order valence-electron chi connectivity index (χ4n) is 3.04. The van der Waals surface area contributed by atoms with Gasteiger partial charge in [0.25, 0.3) is 0 Å². The number of carbonyl (C=O) groups is 1. The van der Waals surface area contributed by atoms with E-state index in [1.807, 2.05) is 0 Å². The normalized spacial score (nSPS) is 25.0. The molecule has 3 aromatic rings. The zero-order valence-corrected chi connectivity index (χ0v) is 14.0. The highest BCUT2D eigenvalue weighted by Crippen LogP contribution is 2.34. The van der Waals surface area contributed by atoms with Gasteiger partial charge in [-0.15, -0.1) is 0 Å². The molecular weight excluding hydrogens is 354 g/mol. The van der Waals surface area contributed by atoms with Gasteiger partial charge in [-0.1, -0.05) is 18.2 Å². The van der Waals surface area contributed by atoms with Crippen molar-refractivity contribution in [2.75, 3.05) is 12.3 Å². The zero-order chi connectivity index (χ0) is 19.0. The molecule has 4 rings (SSSR count). The van der Waals surface area contributed by atoms with Gasteiger partial charge in [0.15, 0.2) is 23.8 Å². The van der Waals surface area contributed by atoms with Gasteiger partial charge in [0.05, 0.1) is 18.5 Å². The maximum Gasteiger partial charge on any atom is 0.338 e. The summed E-state index contributed by atoms with van der Waals surface area (Å²) in [4.78, 5) is 24.6. The predicted molar refractivity (Wildman–Crippen MR) is 92.4 cm³/mol. The minimum atomic E-state index is -1.23. The molecule has 10 nitrogen and oxygen atoms in total. The Labute approximate surface area is 153 Å². The van der Waals surface area contributed by atoms with Gasteiger partial charge in [-0.05, 0) is 12.1 Å². The molecule has 0 aliphatic carbocycles. The first-order valence-corrected chi connectivity index (χ1v) is 8.23. The van der Waals surface area contributed by atoms with E-state index < -0.39 is 37.1 Å². The highest BCUT2D eigenvalue weighted by Gasteiger charge is 2.47. The predicted octanol–water partition coefficient (Wildman–Crippen LogP) is -0.115. The number of hydrogen-bond donors (Lipinski definition) is 3. The van der Waals surface area contributed by atoms with Crippen LogP contribution in [0.25, 0.3) is 11.2 Å². The molecule has 0 unspecified atom stereocenters. The topological polar surface area (TPSA) is 146 Å². The lowest BCUT2D eigenvalue weighted by Gasteiger charge is -2.22. The van der Waals surface area contributed by atoms with E-state index in [1.165, 1.54) is 17.2 Å². The van der Waals surface area contributed by atoms with Crippen LogP contribution in [0.2, 0.25) is 0 Å². The number of nitrogen functional groups attached to an aromatic ring is 1. The first kappa shape index (κ1) is 17.3. The summed E-state index contributed by atoms with van der Waals surface area (Å²) >= 11 is 0. The number of fused-ring (bicyclic) bond motifs is 1. The number of ether oxygens (including phenoxy) is 2. The lowest BCUT2D eigenvalue weighted by Crippen LogP contribution is -2.37. The molecule has 4 N–H and O–H groups in total. The molecule has 1 aliphatic heterocycles. The number of anilines is 1. The Bertz CT molecular complexity index is 963. The van der Waals surface area contributed by atoms with Crippen molar-refractivity contribution in [3.05, 3.63) is 48.5 Å². The number of esters is 1. The summed E-state index contributed by atoms with van der Waals surface area (Å²) in [5.41, 5.74) is 6.85. The quantitative estimate of drug-likeness (QED) is 0.534. The Kier molecular flexibility index (Phi) is 4.44. The minimum Gasteiger partial charge on any atom is -0.451 e. The number of imidazole rings is 1. The van der Waals surface area contributed by atoms with E-state index in [0.29, 0.717) is 16.7 Å². The van der Waals surface area contributed by atoms with Gasteiger partial charge in [0, 0.05) is 0 Å². The summed E-state index contributed by atoms with van der Waals surface area (Å²) in [7, 11) is 0. The van der Waals surface area contributed by atoms with Crippen molar-refractivity contribution in [1.82, 2.24) is 19.5 Å². The molecule has 1 aliphatic rings. The molecule has 0 spiro atoms. The lowest BCUT2D eigenvalue weighted by molar-refractivity contribution is -0.0564. The Hall–Kier alpha value is -3.08. The van der Waals surface area contributed by atoms with E-state index in [-0.39, 0.29) is 5.82 Å². The van der Waals surface area contributed by atoms with E-state index in [9.17, 15) is 15.0 Å². The van der Waals surface area contributed by atoms with Crippen molar-refractivity contribution in [2.24, 2.45) is 0 Å². The molecule has 0 saturated carbocycles. The molecule has 1 saturated heterocycles. The minimum absolute atomic E-state index is 0.189. The summed E-state index contributed by atoms with van der Waals surface area (Å²) in [5.74, 6) is -0.431. The summed E-state index contributed by atoms with van der Waals surface area (Å²) in [5, 5.41) is 20.0. The number of rotatable bonds is 4. The third kappa shape index (κ3) is 2.99. The second kappa shape index (κ2) is 6.91. The van der Waals surface area contributed by atoms with Crippen molar-refractivity contribution >= 4 is 23.0 Å². The molecule has 0 radical (unpaired) electrons. The highest BCUT2D eigenvalue weighted by molar-refractivity contribution is 5.89. The second-order valence-corrected chi connectivity index (χ2v) is 6.06. The first-order chi connectivity index (χ1) is 13.1. The van der Waals surface area contributed by atoms with Gasteiger partial charge in [0.1, 0.15) is 24.1 Å². The first-order valence-electron chi connectivity index (χ1n) is 8.23. The number of nitrogens with two attached hydrogens (primary N) is 1. The maximum absolute atomic E-state index is 12.5. The SMILES string of the molecule is Nc1ncnc2c1ncn2[C@@H]1O[C@H](CO)[C@@H](O)[C@@H]1OC(=O)c1ccccc1. The Morgan fingerprint density at radius 2 is 2.04 bits per heavy atom. The molecule has 0 bridgehead atoms. The van der Waals surface area contributed by atoms with Crippen LogP contribution in [0.5, 0.6) is 0 Å². The van der Waals surface area contributed by atoms with E-state index in [2.05, 4.69) is 15.0 Å². The molecule has 3 heterocycles. The van der Waals surface area contributed by atoms with Gasteiger partial charge < -0.3 is 25.4 Å². The standard InChI is InChI=1S/C17H17N5O5/c18-14-11-15(20-7-19-14)22(8-21-11)16-13(12(24)10(6-23)26-16)27-17(25)9-4-2-1-3-5-9/h1-5,7-8,10,12-13,16,23-24H,6H2,(H2,18,19,20)/t10-,12-,13+,16-/m1/s1. The number of hydrogen-bond acceptors (Lipinski definition) is 9. The number of aliphatic hydroxyl groups excluding tert-OH is 2. The number of benzene rings is 1. The third-order valence-electron chi connectivity index (χ3n) is 4.41. The van der Waals surface area contributed by atoms with Gasteiger partial charge in [-0.3, -0.25) is 4.57 Å². The summed E-state index contributed by atoms with van der Waals surface area (Å²) in [6.07, 6.45) is -1.50. The molecule has 1 aromatic carbocycles. The van der Waals surface area contributed by atoms with Crippen LogP contribution >= 0.6 is 0 Å². The van der Waals surface area contributed by atoms with Crippen LogP contribution in [0.15, 0.2) is 43.0 Å². The Morgan fingerprint density at radius 3 is 2.78 bits per heavy atom. The fraction of sp³-hybridized carbons (Fsp3) is 0.294. The van der Waals surface area contributed by atoms with Crippen LogP contribution in [0.1, 0.15) is 16.6 Å². The number of nitrogens with zero attached hydrogens (tertiary/aromatic N) is 4. The molecule has 1 fully saturated rings. The molecule has 2 aromatic heterocycles. The molecular formula is C17H17N5O5. The third-order valence-corrected chi connectivity index (χ3v) is 4.41. The second-order valence-electron chi connectivity index (χ2n) is 6.06. The van der Waals surface area contributed by atoms with Crippen LogP contribution in [-0.4, -0.2) is 60.6 Å². The largest absolute Gasteiger partial charge is 0.451 e. The van der Waals surface area contributed by atoms with E-state index in [0.717, 1.165) is 0 Å². The fourth-order valence-corrected chi connectivity index (χ4v) is 3.04. The molecule has 0 amide bonds. The van der Waals surface area contributed by atoms with Gasteiger partial charge in [-0.25, -0.2) is 19.7 Å². The number of aliphatic hydroxyl groups is 2. The molecule has 10 heteroatoms. The lowest BCUT2D eigenvalue weighted by atomic mass is 10.1. The number of carbonyl (C=O) groups excluding carboxylic acids is 1. The van der Waals surface area contributed by atoms with Crippen molar-refractivity contribution in [2.45, 2.75) is 24.5 Å².